The number of ether oxygens (including phenoxy) is 2. The smallest absolute Gasteiger partial charge is 0.334 e. The standard InChI is InChI=1S/C18H32O4/c1-7-15(17(19)21-11-9-13(3)4)16(8-2)18(20)22-12-10-14(5)6/h13-14H,7-12H2,1-6H3/b16-15-. The van der Waals surface area contributed by atoms with Crippen molar-refractivity contribution in [3.63, 3.8) is 0 Å². The highest BCUT2D eigenvalue weighted by Gasteiger charge is 2.20. The molecule has 0 saturated carbocycles. The summed E-state index contributed by atoms with van der Waals surface area (Å²) in [7, 11) is 0. The Morgan fingerprint density at radius 2 is 1.05 bits per heavy atom. The lowest BCUT2D eigenvalue weighted by atomic mass is 10.0. The van der Waals surface area contributed by atoms with Crippen LogP contribution < -0.4 is 0 Å². The van der Waals surface area contributed by atoms with E-state index in [1.807, 2.05) is 13.8 Å². The number of carbonyl (C=O) groups is 2. The molecule has 4 heteroatoms. The van der Waals surface area contributed by atoms with Crippen LogP contribution in [0.4, 0.5) is 0 Å². The second-order valence-electron chi connectivity index (χ2n) is 6.30. The number of rotatable bonds is 10. The normalized spacial score (nSPS) is 12.4. The Balaban J connectivity index is 4.78. The van der Waals surface area contributed by atoms with E-state index in [0.29, 0.717) is 49.0 Å². The maximum atomic E-state index is 12.2. The lowest BCUT2D eigenvalue weighted by molar-refractivity contribution is -0.142. The predicted molar refractivity (Wildman–Crippen MR) is 88.4 cm³/mol. The van der Waals surface area contributed by atoms with Gasteiger partial charge in [0.15, 0.2) is 0 Å². The van der Waals surface area contributed by atoms with Gasteiger partial charge in [-0.15, -0.1) is 0 Å². The van der Waals surface area contributed by atoms with Gasteiger partial charge in [0.1, 0.15) is 0 Å². The first-order valence-corrected chi connectivity index (χ1v) is 8.39. The summed E-state index contributed by atoms with van der Waals surface area (Å²) in [6.07, 6.45) is 2.60. The molecule has 0 unspecified atom stereocenters. The Morgan fingerprint density at radius 1 is 0.727 bits per heavy atom. The summed E-state index contributed by atoms with van der Waals surface area (Å²) in [6.45, 7) is 12.8. The van der Waals surface area contributed by atoms with Crippen molar-refractivity contribution in [2.75, 3.05) is 13.2 Å². The molecule has 0 heterocycles. The minimum Gasteiger partial charge on any atom is -0.462 e. The van der Waals surface area contributed by atoms with Gasteiger partial charge >= 0.3 is 11.9 Å². The van der Waals surface area contributed by atoms with Crippen molar-refractivity contribution in [2.24, 2.45) is 11.8 Å². The van der Waals surface area contributed by atoms with E-state index in [1.165, 1.54) is 0 Å². The van der Waals surface area contributed by atoms with Crippen LogP contribution in [0.2, 0.25) is 0 Å². The molecule has 0 aromatic rings. The number of esters is 2. The van der Waals surface area contributed by atoms with Crippen LogP contribution in [0.1, 0.15) is 67.2 Å². The molecule has 128 valence electrons. The molecule has 0 rings (SSSR count). The Labute approximate surface area is 135 Å². The largest absolute Gasteiger partial charge is 0.462 e. The predicted octanol–water partition coefficient (Wildman–Crippen LogP) is 4.28. The Bertz CT molecular complexity index is 345. The van der Waals surface area contributed by atoms with Crippen LogP contribution in [0, 0.1) is 11.8 Å². The Kier molecular flexibility index (Phi) is 10.6. The third-order valence-electron chi connectivity index (χ3n) is 3.42. The average molecular weight is 312 g/mol. The first-order valence-electron chi connectivity index (χ1n) is 8.39. The number of carbonyl (C=O) groups excluding carboxylic acids is 2. The van der Waals surface area contributed by atoms with Crippen LogP contribution in [0.3, 0.4) is 0 Å². The summed E-state index contributed by atoms with van der Waals surface area (Å²) in [5.41, 5.74) is 0.890. The molecule has 0 atom stereocenters. The first-order chi connectivity index (χ1) is 10.3. The first kappa shape index (κ1) is 20.7. The van der Waals surface area contributed by atoms with Gasteiger partial charge in [-0.25, -0.2) is 9.59 Å². The molecule has 0 aromatic heterocycles. The number of hydrogen-bond donors (Lipinski definition) is 0. The molecular formula is C18H32O4. The zero-order valence-electron chi connectivity index (χ0n) is 15.0. The molecule has 0 aromatic carbocycles. The highest BCUT2D eigenvalue weighted by Crippen LogP contribution is 2.17. The summed E-state index contributed by atoms with van der Waals surface area (Å²) in [5, 5.41) is 0. The summed E-state index contributed by atoms with van der Waals surface area (Å²) in [5.74, 6) is 0.184. The van der Waals surface area contributed by atoms with E-state index in [9.17, 15) is 9.59 Å². The van der Waals surface area contributed by atoms with E-state index in [0.717, 1.165) is 12.8 Å². The fraction of sp³-hybridized carbons (Fsp3) is 0.778. The fourth-order valence-corrected chi connectivity index (χ4v) is 1.91. The van der Waals surface area contributed by atoms with E-state index in [-0.39, 0.29) is 11.9 Å². The quantitative estimate of drug-likeness (QED) is 0.446. The second-order valence-corrected chi connectivity index (χ2v) is 6.30. The van der Waals surface area contributed by atoms with E-state index in [1.54, 1.807) is 0 Å². The van der Waals surface area contributed by atoms with Gasteiger partial charge in [0.05, 0.1) is 13.2 Å². The molecule has 0 aliphatic carbocycles. The van der Waals surface area contributed by atoms with E-state index in [4.69, 9.17) is 9.47 Å². The zero-order valence-corrected chi connectivity index (χ0v) is 15.0. The van der Waals surface area contributed by atoms with Gasteiger partial charge in [-0.2, -0.15) is 0 Å². The maximum Gasteiger partial charge on any atom is 0.334 e. The minimum absolute atomic E-state index is 0.388. The molecule has 0 amide bonds. The highest BCUT2D eigenvalue weighted by molar-refractivity contribution is 6.00. The molecule has 0 spiro atoms. The topological polar surface area (TPSA) is 52.6 Å². The molecule has 0 aliphatic rings. The average Bonchev–Trinajstić information content (AvgIpc) is 2.43. The molecule has 0 fully saturated rings. The van der Waals surface area contributed by atoms with E-state index in [2.05, 4.69) is 27.7 Å². The van der Waals surface area contributed by atoms with Gasteiger partial charge in [-0.1, -0.05) is 41.5 Å². The summed E-state index contributed by atoms with van der Waals surface area (Å²) in [6, 6.07) is 0. The molecule has 0 aliphatic heterocycles. The van der Waals surface area contributed by atoms with E-state index < -0.39 is 0 Å². The number of hydrogen-bond acceptors (Lipinski definition) is 4. The summed E-state index contributed by atoms with van der Waals surface area (Å²) < 4.78 is 10.6. The van der Waals surface area contributed by atoms with Crippen molar-refractivity contribution >= 4 is 11.9 Å². The van der Waals surface area contributed by atoms with Gasteiger partial charge < -0.3 is 9.47 Å². The lowest BCUT2D eigenvalue weighted by Gasteiger charge is -2.13. The second kappa shape index (κ2) is 11.3. The van der Waals surface area contributed by atoms with Gasteiger partial charge in [0, 0.05) is 11.1 Å². The molecule has 0 bridgehead atoms. The molecule has 0 radical (unpaired) electrons. The van der Waals surface area contributed by atoms with Crippen molar-refractivity contribution in [2.45, 2.75) is 67.2 Å². The Morgan fingerprint density at radius 3 is 1.27 bits per heavy atom. The van der Waals surface area contributed by atoms with Crippen molar-refractivity contribution in [3.8, 4) is 0 Å². The van der Waals surface area contributed by atoms with Crippen molar-refractivity contribution in [3.05, 3.63) is 11.1 Å². The van der Waals surface area contributed by atoms with Gasteiger partial charge in [-0.05, 0) is 37.5 Å². The SMILES string of the molecule is CC/C(C(=O)OCCC(C)C)=C(\CC)C(=O)OCCC(C)C. The molecule has 0 N–H and O–H groups in total. The Hall–Kier alpha value is -1.32. The monoisotopic (exact) mass is 312 g/mol. The van der Waals surface area contributed by atoms with Crippen LogP contribution in [0.5, 0.6) is 0 Å². The van der Waals surface area contributed by atoms with Crippen molar-refractivity contribution in [1.82, 2.24) is 0 Å². The lowest BCUT2D eigenvalue weighted by Crippen LogP contribution is -2.17. The van der Waals surface area contributed by atoms with Crippen LogP contribution in [0.25, 0.3) is 0 Å². The van der Waals surface area contributed by atoms with E-state index >= 15 is 0 Å². The van der Waals surface area contributed by atoms with Gasteiger partial charge in [0.25, 0.3) is 0 Å². The minimum atomic E-state index is -0.388. The summed E-state index contributed by atoms with van der Waals surface area (Å²) in [4.78, 5) is 24.3. The molecule has 4 nitrogen and oxygen atoms in total. The molecule has 0 saturated heterocycles. The third kappa shape index (κ3) is 8.20. The van der Waals surface area contributed by atoms with Gasteiger partial charge in [-0.3, -0.25) is 0 Å². The molecule has 22 heavy (non-hydrogen) atoms. The molecular weight excluding hydrogens is 280 g/mol. The van der Waals surface area contributed by atoms with Crippen LogP contribution >= 0.6 is 0 Å². The van der Waals surface area contributed by atoms with Crippen LogP contribution in [0.15, 0.2) is 11.1 Å². The zero-order chi connectivity index (χ0) is 17.1. The van der Waals surface area contributed by atoms with Crippen LogP contribution in [-0.4, -0.2) is 25.2 Å². The fourth-order valence-electron chi connectivity index (χ4n) is 1.91. The van der Waals surface area contributed by atoms with Crippen molar-refractivity contribution in [1.29, 1.82) is 0 Å². The maximum absolute atomic E-state index is 12.2. The van der Waals surface area contributed by atoms with Crippen LogP contribution in [-0.2, 0) is 19.1 Å². The van der Waals surface area contributed by atoms with Crippen molar-refractivity contribution < 1.29 is 19.1 Å². The summed E-state index contributed by atoms with van der Waals surface area (Å²) >= 11 is 0. The van der Waals surface area contributed by atoms with Gasteiger partial charge in [0.2, 0.25) is 0 Å². The highest BCUT2D eigenvalue weighted by atomic mass is 16.5. The third-order valence-corrected chi connectivity index (χ3v) is 3.42.